The van der Waals surface area contributed by atoms with Crippen molar-refractivity contribution in [2.24, 2.45) is 5.16 Å². The minimum atomic E-state index is -0.234. The molecule has 0 aliphatic rings. The van der Waals surface area contributed by atoms with Gasteiger partial charge in [0.2, 0.25) is 0 Å². The SMILES string of the molecule is ON=Cc1ccc(O)c(O)c1. The molecule has 0 fully saturated rings. The Kier molecular flexibility index (Phi) is 1.96. The number of benzene rings is 1. The van der Waals surface area contributed by atoms with Gasteiger partial charge in [-0.2, -0.15) is 0 Å². The molecule has 4 nitrogen and oxygen atoms in total. The molecule has 0 aromatic heterocycles. The molecule has 0 amide bonds. The summed E-state index contributed by atoms with van der Waals surface area (Å²) in [7, 11) is 0. The number of phenolic OH excluding ortho intramolecular Hbond substituents is 2. The third-order valence-corrected chi connectivity index (χ3v) is 1.21. The van der Waals surface area contributed by atoms with Crippen LogP contribution in [0.3, 0.4) is 0 Å². The Morgan fingerprint density at radius 1 is 1.18 bits per heavy atom. The number of aromatic hydroxyl groups is 2. The number of oxime groups is 1. The van der Waals surface area contributed by atoms with E-state index in [4.69, 9.17) is 15.4 Å². The van der Waals surface area contributed by atoms with Crippen molar-refractivity contribution in [3.05, 3.63) is 23.8 Å². The lowest BCUT2D eigenvalue weighted by atomic mass is 10.2. The lowest BCUT2D eigenvalue weighted by molar-refractivity contribution is 0.322. The molecule has 4 heteroatoms. The maximum atomic E-state index is 8.93. The molecule has 0 unspecified atom stereocenters. The first-order valence-corrected chi connectivity index (χ1v) is 2.93. The molecule has 11 heavy (non-hydrogen) atoms. The Bertz CT molecular complexity index is 283. The van der Waals surface area contributed by atoms with Gasteiger partial charge in [0.05, 0.1) is 6.21 Å². The van der Waals surface area contributed by atoms with E-state index in [0.29, 0.717) is 5.56 Å². The lowest BCUT2D eigenvalue weighted by Crippen LogP contribution is -1.79. The molecule has 0 aliphatic carbocycles. The lowest BCUT2D eigenvalue weighted by Gasteiger charge is -1.96. The fourth-order valence-corrected chi connectivity index (χ4v) is 0.687. The van der Waals surface area contributed by atoms with Gasteiger partial charge in [0.1, 0.15) is 0 Å². The highest BCUT2D eigenvalue weighted by molar-refractivity contribution is 5.80. The van der Waals surface area contributed by atoms with Gasteiger partial charge in [-0.3, -0.25) is 0 Å². The topological polar surface area (TPSA) is 73.1 Å². The molecule has 0 spiro atoms. The van der Waals surface area contributed by atoms with Crippen molar-refractivity contribution < 1.29 is 15.4 Å². The number of hydrogen-bond donors (Lipinski definition) is 3. The molecular formula is C7H7NO3. The predicted molar refractivity (Wildman–Crippen MR) is 39.2 cm³/mol. The van der Waals surface area contributed by atoms with Crippen molar-refractivity contribution in [2.75, 3.05) is 0 Å². The highest BCUT2D eigenvalue weighted by Crippen LogP contribution is 2.23. The van der Waals surface area contributed by atoms with Crippen LogP contribution in [0.1, 0.15) is 5.56 Å². The van der Waals surface area contributed by atoms with Crippen LogP contribution in [0.4, 0.5) is 0 Å². The van der Waals surface area contributed by atoms with Crippen molar-refractivity contribution >= 4 is 6.21 Å². The monoisotopic (exact) mass is 153 g/mol. The highest BCUT2D eigenvalue weighted by atomic mass is 16.4. The van der Waals surface area contributed by atoms with Crippen LogP contribution < -0.4 is 0 Å². The van der Waals surface area contributed by atoms with E-state index >= 15 is 0 Å². The van der Waals surface area contributed by atoms with Crippen LogP contribution >= 0.6 is 0 Å². The molecule has 0 saturated heterocycles. The number of rotatable bonds is 1. The van der Waals surface area contributed by atoms with Gasteiger partial charge in [-0.05, 0) is 23.8 Å². The first-order chi connectivity index (χ1) is 5.24. The minimum absolute atomic E-state index is 0.194. The van der Waals surface area contributed by atoms with E-state index in [0.717, 1.165) is 6.21 Å². The molecule has 1 aromatic carbocycles. The van der Waals surface area contributed by atoms with Crippen LogP contribution in [0.15, 0.2) is 23.4 Å². The Labute approximate surface area is 63.0 Å². The Morgan fingerprint density at radius 3 is 2.45 bits per heavy atom. The van der Waals surface area contributed by atoms with Crippen LogP contribution in [0.5, 0.6) is 11.5 Å². The summed E-state index contributed by atoms with van der Waals surface area (Å²) in [5.41, 5.74) is 0.516. The van der Waals surface area contributed by atoms with Crippen LogP contribution in [-0.2, 0) is 0 Å². The quantitative estimate of drug-likeness (QED) is 0.243. The van der Waals surface area contributed by atoms with Crippen molar-refractivity contribution in [3.63, 3.8) is 0 Å². The summed E-state index contributed by atoms with van der Waals surface area (Å²) in [6, 6.07) is 4.11. The van der Waals surface area contributed by atoms with Crippen LogP contribution in [0.25, 0.3) is 0 Å². The average Bonchev–Trinajstić information content (AvgIpc) is 1.98. The van der Waals surface area contributed by atoms with Crippen LogP contribution in [-0.4, -0.2) is 21.6 Å². The molecule has 0 radical (unpaired) electrons. The molecule has 0 aliphatic heterocycles. The second-order valence-corrected chi connectivity index (χ2v) is 1.99. The molecule has 1 aromatic rings. The zero-order valence-electron chi connectivity index (χ0n) is 5.60. The van der Waals surface area contributed by atoms with E-state index in [1.54, 1.807) is 0 Å². The Hall–Kier alpha value is -1.71. The normalized spacial score (nSPS) is 10.5. The first kappa shape index (κ1) is 7.40. The minimum Gasteiger partial charge on any atom is -0.504 e. The molecule has 0 atom stereocenters. The van der Waals surface area contributed by atoms with Gasteiger partial charge >= 0.3 is 0 Å². The zero-order chi connectivity index (χ0) is 8.27. The van der Waals surface area contributed by atoms with Gasteiger partial charge in [0.15, 0.2) is 11.5 Å². The number of hydrogen-bond acceptors (Lipinski definition) is 4. The summed E-state index contributed by atoms with van der Waals surface area (Å²) in [5, 5.41) is 28.7. The summed E-state index contributed by atoms with van der Waals surface area (Å²) in [6.07, 6.45) is 1.15. The van der Waals surface area contributed by atoms with E-state index in [2.05, 4.69) is 5.16 Å². The molecule has 1 rings (SSSR count). The third-order valence-electron chi connectivity index (χ3n) is 1.21. The summed E-state index contributed by atoms with van der Waals surface area (Å²) in [5.74, 6) is -0.428. The van der Waals surface area contributed by atoms with Crippen molar-refractivity contribution in [1.29, 1.82) is 0 Å². The van der Waals surface area contributed by atoms with E-state index in [1.165, 1.54) is 18.2 Å². The third kappa shape index (κ3) is 1.61. The van der Waals surface area contributed by atoms with Gasteiger partial charge < -0.3 is 15.4 Å². The van der Waals surface area contributed by atoms with Gasteiger partial charge in [0, 0.05) is 0 Å². The average molecular weight is 153 g/mol. The van der Waals surface area contributed by atoms with E-state index in [9.17, 15) is 0 Å². The maximum absolute atomic E-state index is 8.93. The van der Waals surface area contributed by atoms with Crippen LogP contribution in [0.2, 0.25) is 0 Å². The van der Waals surface area contributed by atoms with Crippen molar-refractivity contribution in [2.45, 2.75) is 0 Å². The number of phenols is 2. The molecule has 3 N–H and O–H groups in total. The van der Waals surface area contributed by atoms with Gasteiger partial charge in [0.25, 0.3) is 0 Å². The van der Waals surface area contributed by atoms with Crippen molar-refractivity contribution in [1.82, 2.24) is 0 Å². The van der Waals surface area contributed by atoms with Gasteiger partial charge in [-0.15, -0.1) is 0 Å². The zero-order valence-corrected chi connectivity index (χ0v) is 5.60. The van der Waals surface area contributed by atoms with Crippen molar-refractivity contribution in [3.8, 4) is 11.5 Å². The Balaban J connectivity index is 3.05. The molecule has 58 valence electrons. The highest BCUT2D eigenvalue weighted by Gasteiger charge is 1.97. The summed E-state index contributed by atoms with van der Waals surface area (Å²) < 4.78 is 0. The summed E-state index contributed by atoms with van der Waals surface area (Å²) >= 11 is 0. The van der Waals surface area contributed by atoms with Gasteiger partial charge in [-0.1, -0.05) is 5.16 Å². The van der Waals surface area contributed by atoms with E-state index < -0.39 is 0 Å². The van der Waals surface area contributed by atoms with Gasteiger partial charge in [-0.25, -0.2) is 0 Å². The second kappa shape index (κ2) is 2.92. The van der Waals surface area contributed by atoms with E-state index in [-0.39, 0.29) is 11.5 Å². The second-order valence-electron chi connectivity index (χ2n) is 1.99. The molecule has 0 saturated carbocycles. The largest absolute Gasteiger partial charge is 0.504 e. The molecule has 0 bridgehead atoms. The summed E-state index contributed by atoms with van der Waals surface area (Å²) in [6.45, 7) is 0. The summed E-state index contributed by atoms with van der Waals surface area (Å²) in [4.78, 5) is 0. The standard InChI is InChI=1S/C7H7NO3/c9-6-2-1-5(4-8-11)3-7(6)10/h1-4,9-11H. The van der Waals surface area contributed by atoms with Crippen LogP contribution in [0, 0.1) is 0 Å². The smallest absolute Gasteiger partial charge is 0.158 e. The molecule has 0 heterocycles. The predicted octanol–water partition coefficient (Wildman–Crippen LogP) is 0.906. The van der Waals surface area contributed by atoms with E-state index in [1.807, 2.05) is 0 Å². The fraction of sp³-hybridized carbons (Fsp3) is 0. The fourth-order valence-electron chi connectivity index (χ4n) is 0.687. The molecular weight excluding hydrogens is 146 g/mol. The first-order valence-electron chi connectivity index (χ1n) is 2.93. The number of nitrogens with zero attached hydrogens (tertiary/aromatic N) is 1. The maximum Gasteiger partial charge on any atom is 0.158 e. The Morgan fingerprint density at radius 2 is 1.91 bits per heavy atom.